The third kappa shape index (κ3) is 5.24. The predicted octanol–water partition coefficient (Wildman–Crippen LogP) is 5.00. The van der Waals surface area contributed by atoms with Gasteiger partial charge in [0.05, 0.1) is 28.3 Å². The highest BCUT2D eigenvalue weighted by Crippen LogP contribution is 2.31. The normalized spacial score (nSPS) is 11.7. The van der Waals surface area contributed by atoms with Gasteiger partial charge in [0.25, 0.3) is 15.7 Å². The average Bonchev–Trinajstić information content (AvgIpc) is 2.77. The second-order valence-corrected chi connectivity index (χ2v) is 9.07. The van der Waals surface area contributed by atoms with E-state index in [1.54, 1.807) is 25.1 Å². The number of para-hydroxylation sites is 2. The molecule has 0 heterocycles. The molecule has 32 heavy (non-hydrogen) atoms. The molecular formula is C21H19BrN4O5S. The van der Waals surface area contributed by atoms with E-state index in [-0.39, 0.29) is 16.3 Å². The van der Waals surface area contributed by atoms with Gasteiger partial charge in [0.1, 0.15) is 11.4 Å². The summed E-state index contributed by atoms with van der Waals surface area (Å²) in [7, 11) is -2.69. The lowest BCUT2D eigenvalue weighted by molar-refractivity contribution is -0.384. The quantitative estimate of drug-likeness (QED) is 0.245. The van der Waals surface area contributed by atoms with Gasteiger partial charge in [-0.15, -0.1) is 0 Å². The van der Waals surface area contributed by atoms with E-state index in [2.05, 4.69) is 31.2 Å². The van der Waals surface area contributed by atoms with Crippen molar-refractivity contribution in [2.45, 2.75) is 11.8 Å². The van der Waals surface area contributed by atoms with Crippen LogP contribution >= 0.6 is 15.9 Å². The van der Waals surface area contributed by atoms with Gasteiger partial charge in [-0.25, -0.2) is 8.42 Å². The standard InChI is InChI=1S/C21H19BrN4O5S/c1-14(16-7-3-4-8-17(16)22)23-24-18-12-11-15(13-20(18)26(27)28)32(29,30)25-19-9-5-6-10-21(19)31-2/h3-13,24-25H,1-2H3/b23-14-. The van der Waals surface area contributed by atoms with E-state index in [9.17, 15) is 18.5 Å². The van der Waals surface area contributed by atoms with Crippen molar-refractivity contribution in [1.29, 1.82) is 0 Å². The highest BCUT2D eigenvalue weighted by molar-refractivity contribution is 9.10. The van der Waals surface area contributed by atoms with E-state index in [0.29, 0.717) is 11.5 Å². The summed E-state index contributed by atoms with van der Waals surface area (Å²) < 4.78 is 34.0. The molecule has 0 radical (unpaired) electrons. The summed E-state index contributed by atoms with van der Waals surface area (Å²) >= 11 is 3.43. The van der Waals surface area contributed by atoms with Crippen molar-refractivity contribution >= 4 is 48.7 Å². The summed E-state index contributed by atoms with van der Waals surface area (Å²) in [6.07, 6.45) is 0. The number of hydrazone groups is 1. The summed E-state index contributed by atoms with van der Waals surface area (Å²) in [6, 6.07) is 17.4. The number of hydrogen-bond acceptors (Lipinski definition) is 7. The number of halogens is 1. The Bertz CT molecular complexity index is 1290. The van der Waals surface area contributed by atoms with Gasteiger partial charge in [0, 0.05) is 16.1 Å². The minimum Gasteiger partial charge on any atom is -0.495 e. The Morgan fingerprint density at radius 2 is 1.75 bits per heavy atom. The molecule has 3 aromatic carbocycles. The number of nitrogens with one attached hydrogen (secondary N) is 2. The van der Waals surface area contributed by atoms with Gasteiger partial charge < -0.3 is 4.74 Å². The fourth-order valence-electron chi connectivity index (χ4n) is 2.82. The van der Waals surface area contributed by atoms with Crippen LogP contribution in [0.15, 0.2) is 81.2 Å². The Morgan fingerprint density at radius 1 is 1.06 bits per heavy atom. The monoisotopic (exact) mass is 518 g/mol. The van der Waals surface area contributed by atoms with Crippen LogP contribution in [0.25, 0.3) is 0 Å². The van der Waals surface area contributed by atoms with E-state index in [0.717, 1.165) is 16.1 Å². The summed E-state index contributed by atoms with van der Waals surface area (Å²) in [5, 5.41) is 15.8. The van der Waals surface area contributed by atoms with Crippen molar-refractivity contribution in [2.24, 2.45) is 5.10 Å². The summed E-state index contributed by atoms with van der Waals surface area (Å²) in [5.74, 6) is 0.320. The molecule has 0 fully saturated rings. The van der Waals surface area contributed by atoms with Crippen LogP contribution < -0.4 is 14.9 Å². The van der Waals surface area contributed by atoms with Gasteiger partial charge in [-0.05, 0) is 37.3 Å². The van der Waals surface area contributed by atoms with E-state index >= 15 is 0 Å². The second-order valence-electron chi connectivity index (χ2n) is 6.53. The van der Waals surface area contributed by atoms with E-state index in [1.165, 1.54) is 25.3 Å². The third-order valence-electron chi connectivity index (χ3n) is 4.44. The lowest BCUT2D eigenvalue weighted by Crippen LogP contribution is -2.14. The molecule has 0 bridgehead atoms. The number of rotatable bonds is 8. The van der Waals surface area contributed by atoms with Crippen LogP contribution in [0.5, 0.6) is 5.75 Å². The summed E-state index contributed by atoms with van der Waals surface area (Å²) in [4.78, 5) is 10.7. The smallest absolute Gasteiger partial charge is 0.295 e. The molecule has 0 aliphatic heterocycles. The van der Waals surface area contributed by atoms with Crippen LogP contribution in [-0.2, 0) is 10.0 Å². The van der Waals surface area contributed by atoms with Gasteiger partial charge in [0.15, 0.2) is 0 Å². The van der Waals surface area contributed by atoms with Gasteiger partial charge >= 0.3 is 0 Å². The minimum atomic E-state index is -4.10. The van der Waals surface area contributed by atoms with Crippen molar-refractivity contribution in [3.8, 4) is 5.75 Å². The Labute approximate surface area is 193 Å². The Morgan fingerprint density at radius 3 is 2.44 bits per heavy atom. The zero-order valence-electron chi connectivity index (χ0n) is 17.1. The van der Waals surface area contributed by atoms with Crippen LogP contribution in [0.4, 0.5) is 17.1 Å². The Hall–Kier alpha value is -3.44. The van der Waals surface area contributed by atoms with Gasteiger partial charge in [-0.1, -0.05) is 46.3 Å². The lowest BCUT2D eigenvalue weighted by atomic mass is 10.1. The molecule has 0 unspecified atom stereocenters. The molecule has 0 saturated heterocycles. The fraction of sp³-hybridized carbons (Fsp3) is 0.0952. The molecule has 3 rings (SSSR count). The van der Waals surface area contributed by atoms with Gasteiger partial charge in [-0.2, -0.15) is 5.10 Å². The van der Waals surface area contributed by atoms with Crippen molar-refractivity contribution in [3.05, 3.63) is 86.9 Å². The number of anilines is 2. The minimum absolute atomic E-state index is 0.0534. The fourth-order valence-corrected chi connectivity index (χ4v) is 4.48. The first kappa shape index (κ1) is 23.2. The van der Waals surface area contributed by atoms with Crippen LogP contribution in [-0.4, -0.2) is 26.2 Å². The molecule has 166 valence electrons. The number of sulfonamides is 1. The molecule has 0 aromatic heterocycles. The number of nitro groups is 1. The maximum Gasteiger partial charge on any atom is 0.295 e. The number of hydrogen-bond donors (Lipinski definition) is 2. The molecule has 2 N–H and O–H groups in total. The predicted molar refractivity (Wildman–Crippen MR) is 127 cm³/mol. The van der Waals surface area contributed by atoms with Crippen LogP contribution in [0.2, 0.25) is 0 Å². The number of benzene rings is 3. The number of nitrogens with zero attached hydrogens (tertiary/aromatic N) is 2. The summed E-state index contributed by atoms with van der Waals surface area (Å²) in [6.45, 7) is 1.74. The maximum atomic E-state index is 12.8. The number of methoxy groups -OCH3 is 1. The molecule has 0 spiro atoms. The Balaban J connectivity index is 1.91. The van der Waals surface area contributed by atoms with Crippen molar-refractivity contribution in [1.82, 2.24) is 0 Å². The molecule has 0 aliphatic rings. The van der Waals surface area contributed by atoms with E-state index in [4.69, 9.17) is 4.74 Å². The average molecular weight is 519 g/mol. The lowest BCUT2D eigenvalue weighted by Gasteiger charge is -2.12. The molecule has 3 aromatic rings. The largest absolute Gasteiger partial charge is 0.495 e. The molecule has 0 aliphatic carbocycles. The van der Waals surface area contributed by atoms with Gasteiger partial charge in [0.2, 0.25) is 0 Å². The molecular weight excluding hydrogens is 500 g/mol. The summed E-state index contributed by atoms with van der Waals surface area (Å²) in [5.41, 5.74) is 3.89. The maximum absolute atomic E-state index is 12.8. The molecule has 0 amide bonds. The zero-order chi connectivity index (χ0) is 23.3. The van der Waals surface area contributed by atoms with Crippen LogP contribution in [0.3, 0.4) is 0 Å². The van der Waals surface area contributed by atoms with E-state index in [1.807, 2.05) is 24.3 Å². The van der Waals surface area contributed by atoms with Crippen molar-refractivity contribution < 1.29 is 18.1 Å². The number of nitro benzene ring substituents is 1. The van der Waals surface area contributed by atoms with Crippen molar-refractivity contribution in [2.75, 3.05) is 17.3 Å². The topological polar surface area (TPSA) is 123 Å². The third-order valence-corrected chi connectivity index (χ3v) is 6.49. The first-order chi connectivity index (χ1) is 15.2. The van der Waals surface area contributed by atoms with Crippen LogP contribution in [0, 0.1) is 10.1 Å². The van der Waals surface area contributed by atoms with Crippen molar-refractivity contribution in [3.63, 3.8) is 0 Å². The van der Waals surface area contributed by atoms with E-state index < -0.39 is 20.6 Å². The first-order valence-corrected chi connectivity index (χ1v) is 11.5. The highest BCUT2D eigenvalue weighted by atomic mass is 79.9. The second kappa shape index (κ2) is 9.79. The van der Waals surface area contributed by atoms with Crippen LogP contribution in [0.1, 0.15) is 12.5 Å². The number of ether oxygens (including phenoxy) is 1. The zero-order valence-corrected chi connectivity index (χ0v) is 19.5. The highest BCUT2D eigenvalue weighted by Gasteiger charge is 2.22. The first-order valence-electron chi connectivity index (χ1n) is 9.22. The Kier molecular flexibility index (Phi) is 7.11. The molecule has 0 saturated carbocycles. The molecule has 9 nitrogen and oxygen atoms in total. The molecule has 0 atom stereocenters. The SMILES string of the molecule is COc1ccccc1NS(=O)(=O)c1ccc(N/N=C(/C)c2ccccc2Br)c([N+](=O)[O-])c1. The molecule has 11 heteroatoms. The van der Waals surface area contributed by atoms with Gasteiger partial charge in [-0.3, -0.25) is 20.3 Å².